The summed E-state index contributed by atoms with van der Waals surface area (Å²) in [6, 6.07) is 7.53. The van der Waals surface area contributed by atoms with Gasteiger partial charge < -0.3 is 14.4 Å². The van der Waals surface area contributed by atoms with E-state index in [2.05, 4.69) is 6.58 Å². The molecule has 1 atom stereocenters. The van der Waals surface area contributed by atoms with Crippen LogP contribution in [-0.4, -0.2) is 51.9 Å². The van der Waals surface area contributed by atoms with E-state index in [0.717, 1.165) is 16.2 Å². The number of aromatic nitrogens is 2. The molecule has 3 aromatic rings. The van der Waals surface area contributed by atoms with Crippen LogP contribution in [-0.2, 0) is 11.3 Å². The molecule has 2 aromatic heterocycles. The summed E-state index contributed by atoms with van der Waals surface area (Å²) in [5.41, 5.74) is 0.877. The number of carbonyl (C=O) groups is 1. The number of carbonyl (C=O) groups excluding carboxylic acids is 1. The first-order valence-corrected chi connectivity index (χ1v) is 12.6. The van der Waals surface area contributed by atoms with Crippen molar-refractivity contribution >= 4 is 39.2 Å². The van der Waals surface area contributed by atoms with Gasteiger partial charge in [0.1, 0.15) is 11.4 Å². The lowest BCUT2D eigenvalue weighted by Gasteiger charge is -2.30. The summed E-state index contributed by atoms with van der Waals surface area (Å²) < 4.78 is 13.4. The summed E-state index contributed by atoms with van der Waals surface area (Å²) in [4.78, 5) is 34.4. The number of aryl methyl sites for hydroxylation is 2. The normalized spacial score (nSPS) is 14.9. The minimum absolute atomic E-state index is 0.0389. The van der Waals surface area contributed by atoms with E-state index in [4.69, 9.17) is 14.5 Å². The zero-order chi connectivity index (χ0) is 23.5. The fourth-order valence-electron chi connectivity index (χ4n) is 3.73. The maximum absolute atomic E-state index is 13.1. The smallest absolute Gasteiger partial charge is 0.263 e. The number of fused-ring (bicyclic) bond motifs is 2. The van der Waals surface area contributed by atoms with Gasteiger partial charge in [-0.15, -0.1) is 17.9 Å². The maximum Gasteiger partial charge on any atom is 0.263 e. The van der Waals surface area contributed by atoms with Gasteiger partial charge in [0, 0.05) is 18.0 Å². The number of hydrogen-bond donors (Lipinski definition) is 0. The molecular weight excluding hydrogens is 458 g/mol. The molecular formula is C24H27N3O4S2. The van der Waals surface area contributed by atoms with E-state index in [1.807, 2.05) is 45.0 Å². The number of para-hydroxylation sites is 2. The first-order chi connectivity index (χ1) is 15.9. The lowest BCUT2D eigenvalue weighted by Crippen LogP contribution is -2.44. The molecule has 7 nitrogen and oxygen atoms in total. The average Bonchev–Trinajstić information content (AvgIpc) is 3.11. The van der Waals surface area contributed by atoms with Crippen LogP contribution < -0.4 is 15.0 Å². The van der Waals surface area contributed by atoms with Crippen molar-refractivity contribution in [2.24, 2.45) is 0 Å². The van der Waals surface area contributed by atoms with Crippen LogP contribution in [0, 0.1) is 13.8 Å². The molecule has 9 heteroatoms. The lowest BCUT2D eigenvalue weighted by atomic mass is 10.2. The molecule has 1 amide bonds. The zero-order valence-electron chi connectivity index (χ0n) is 19.0. The molecule has 0 spiro atoms. The van der Waals surface area contributed by atoms with E-state index in [1.54, 1.807) is 15.5 Å². The molecule has 0 bridgehead atoms. The summed E-state index contributed by atoms with van der Waals surface area (Å²) in [6.07, 6.45) is 1.44. The van der Waals surface area contributed by atoms with E-state index in [1.165, 1.54) is 23.1 Å². The van der Waals surface area contributed by atoms with Gasteiger partial charge >= 0.3 is 0 Å². The Bertz CT molecular complexity index is 1250. The van der Waals surface area contributed by atoms with E-state index < -0.39 is 0 Å². The minimum atomic E-state index is -0.237. The number of nitrogens with zero attached hydrogens (tertiary/aromatic N) is 3. The van der Waals surface area contributed by atoms with Gasteiger partial charge in [-0.05, 0) is 38.5 Å². The summed E-state index contributed by atoms with van der Waals surface area (Å²) in [5.74, 6) is 1.55. The minimum Gasteiger partial charge on any atom is -0.486 e. The van der Waals surface area contributed by atoms with Crippen molar-refractivity contribution in [1.82, 2.24) is 14.5 Å². The topological polar surface area (TPSA) is 73.7 Å². The highest BCUT2D eigenvalue weighted by molar-refractivity contribution is 7.99. The van der Waals surface area contributed by atoms with Crippen molar-refractivity contribution in [3.8, 4) is 11.5 Å². The van der Waals surface area contributed by atoms with Crippen molar-refractivity contribution in [2.75, 3.05) is 25.4 Å². The quantitative estimate of drug-likeness (QED) is 0.272. The van der Waals surface area contributed by atoms with Gasteiger partial charge in [-0.3, -0.25) is 14.2 Å². The fraction of sp³-hybridized carbons (Fsp3) is 0.375. The Morgan fingerprint density at radius 2 is 2.12 bits per heavy atom. The maximum atomic E-state index is 13.1. The number of amides is 1. The Hall–Kier alpha value is -2.78. The third-order valence-corrected chi connectivity index (χ3v) is 7.68. The molecule has 1 aromatic carbocycles. The highest BCUT2D eigenvalue weighted by Gasteiger charge is 2.25. The fourth-order valence-corrected chi connectivity index (χ4v) is 5.71. The number of thiophene rings is 1. The van der Waals surface area contributed by atoms with Crippen LogP contribution in [0.2, 0.25) is 0 Å². The molecule has 0 radical (unpaired) electrons. The first-order valence-electron chi connectivity index (χ1n) is 10.8. The van der Waals surface area contributed by atoms with Crippen molar-refractivity contribution < 1.29 is 14.3 Å². The lowest BCUT2D eigenvalue weighted by molar-refractivity contribution is -0.129. The van der Waals surface area contributed by atoms with Crippen LogP contribution >= 0.6 is 23.1 Å². The summed E-state index contributed by atoms with van der Waals surface area (Å²) in [5, 5.41) is 1.18. The standard InChI is InChI=1S/C24H27N3O4S2/c1-5-11-27-23(29)21-15(3)16(4)33-22(21)25-24(27)32-14-20(28)26(6-2)12-17-13-30-18-9-7-8-10-19(18)31-17/h5,7-10,17H,1,6,11-14H2,2-4H3/t17-/m0/s1. The van der Waals surface area contributed by atoms with Crippen LogP contribution in [0.4, 0.5) is 0 Å². The predicted octanol–water partition coefficient (Wildman–Crippen LogP) is 4.04. The number of likely N-dealkylation sites (N-methyl/N-ethyl adjacent to an activating group) is 1. The highest BCUT2D eigenvalue weighted by Crippen LogP contribution is 2.31. The van der Waals surface area contributed by atoms with E-state index >= 15 is 0 Å². The first kappa shape index (κ1) is 23.4. The van der Waals surface area contributed by atoms with Gasteiger partial charge in [0.25, 0.3) is 5.56 Å². The van der Waals surface area contributed by atoms with Gasteiger partial charge in [0.05, 0.1) is 17.7 Å². The molecule has 1 aliphatic heterocycles. The highest BCUT2D eigenvalue weighted by atomic mass is 32.2. The molecule has 0 saturated heterocycles. The second kappa shape index (κ2) is 10.0. The number of ether oxygens (including phenoxy) is 2. The number of allylic oxidation sites excluding steroid dienone is 1. The Labute approximate surface area is 201 Å². The molecule has 174 valence electrons. The van der Waals surface area contributed by atoms with Gasteiger partial charge in [0.15, 0.2) is 22.8 Å². The molecule has 0 N–H and O–H groups in total. The molecule has 33 heavy (non-hydrogen) atoms. The monoisotopic (exact) mass is 485 g/mol. The van der Waals surface area contributed by atoms with Crippen molar-refractivity contribution in [3.05, 3.63) is 57.7 Å². The molecule has 0 saturated carbocycles. The Morgan fingerprint density at radius 3 is 2.85 bits per heavy atom. The third-order valence-electron chi connectivity index (χ3n) is 5.62. The van der Waals surface area contributed by atoms with Gasteiger partial charge in [-0.1, -0.05) is 30.0 Å². The molecule has 0 unspecified atom stereocenters. The summed E-state index contributed by atoms with van der Waals surface area (Å²) >= 11 is 2.79. The second-order valence-electron chi connectivity index (χ2n) is 7.78. The Morgan fingerprint density at radius 1 is 1.36 bits per heavy atom. The van der Waals surface area contributed by atoms with E-state index in [0.29, 0.717) is 47.4 Å². The van der Waals surface area contributed by atoms with E-state index in [9.17, 15) is 9.59 Å². The van der Waals surface area contributed by atoms with Crippen LogP contribution in [0.5, 0.6) is 11.5 Å². The Balaban J connectivity index is 1.47. The van der Waals surface area contributed by atoms with Crippen molar-refractivity contribution in [1.29, 1.82) is 0 Å². The van der Waals surface area contributed by atoms with Gasteiger partial charge in [-0.2, -0.15) is 0 Å². The molecule has 0 fully saturated rings. The Kier molecular flexibility index (Phi) is 7.09. The van der Waals surface area contributed by atoms with Crippen molar-refractivity contribution in [3.63, 3.8) is 0 Å². The third kappa shape index (κ3) is 4.79. The largest absolute Gasteiger partial charge is 0.486 e. The van der Waals surface area contributed by atoms with Crippen LogP contribution in [0.25, 0.3) is 10.2 Å². The molecule has 1 aliphatic rings. The number of thioether (sulfide) groups is 1. The number of rotatable bonds is 8. The number of hydrogen-bond acceptors (Lipinski definition) is 7. The van der Waals surface area contributed by atoms with Crippen LogP contribution in [0.15, 0.2) is 46.9 Å². The summed E-state index contributed by atoms with van der Waals surface area (Å²) in [6.45, 7) is 11.4. The van der Waals surface area contributed by atoms with E-state index in [-0.39, 0.29) is 23.3 Å². The molecule has 0 aliphatic carbocycles. The van der Waals surface area contributed by atoms with Crippen LogP contribution in [0.1, 0.15) is 17.4 Å². The second-order valence-corrected chi connectivity index (χ2v) is 9.93. The SMILES string of the molecule is C=CCn1c(SCC(=O)N(CC)C[C@H]2COc3ccccc3O2)nc2sc(C)c(C)c2c1=O. The van der Waals surface area contributed by atoms with Gasteiger partial charge in [0.2, 0.25) is 5.91 Å². The zero-order valence-corrected chi connectivity index (χ0v) is 20.6. The van der Waals surface area contributed by atoms with Crippen LogP contribution in [0.3, 0.4) is 0 Å². The predicted molar refractivity (Wildman–Crippen MR) is 133 cm³/mol. The average molecular weight is 486 g/mol. The molecule has 4 rings (SSSR count). The summed E-state index contributed by atoms with van der Waals surface area (Å²) in [7, 11) is 0. The molecule has 3 heterocycles. The van der Waals surface area contributed by atoms with Crippen molar-refractivity contribution in [2.45, 2.75) is 38.6 Å². The number of benzene rings is 1. The van der Waals surface area contributed by atoms with Gasteiger partial charge in [-0.25, -0.2) is 4.98 Å².